The van der Waals surface area contributed by atoms with Crippen LogP contribution in [0.2, 0.25) is 0 Å². The normalized spacial score (nSPS) is 11.5. The molecule has 2 N–H and O–H groups in total. The van der Waals surface area contributed by atoms with Crippen molar-refractivity contribution in [2.45, 2.75) is 13.1 Å². The monoisotopic (exact) mass is 330 g/mol. The summed E-state index contributed by atoms with van der Waals surface area (Å²) in [4.78, 5) is 11.9. The van der Waals surface area contributed by atoms with E-state index < -0.39 is 11.9 Å². The number of hydrogen-bond acceptors (Lipinski definition) is 4. The first-order chi connectivity index (χ1) is 11.3. The molecule has 0 spiro atoms. The standard InChI is InChI=1S/C17H13F3N4/c1-10-7-11(8-15(24-10)17(18,19)20)13-4-3-12(21)9-14(13)16-22-5-2-6-23-16/h2-9H,21H2,1H3. The van der Waals surface area contributed by atoms with Crippen molar-refractivity contribution in [1.29, 1.82) is 0 Å². The molecule has 0 fully saturated rings. The fraction of sp³-hybridized carbons (Fsp3) is 0.118. The molecule has 0 atom stereocenters. The van der Waals surface area contributed by atoms with Crippen LogP contribution in [0.4, 0.5) is 18.9 Å². The molecule has 4 nitrogen and oxygen atoms in total. The van der Waals surface area contributed by atoms with Gasteiger partial charge in [0.1, 0.15) is 5.69 Å². The van der Waals surface area contributed by atoms with Gasteiger partial charge in [0, 0.05) is 29.3 Å². The average molecular weight is 330 g/mol. The quantitative estimate of drug-likeness (QED) is 0.718. The molecule has 0 saturated heterocycles. The minimum atomic E-state index is -4.52. The zero-order chi connectivity index (χ0) is 17.3. The molecule has 0 aliphatic rings. The number of anilines is 1. The first-order valence-corrected chi connectivity index (χ1v) is 7.08. The summed E-state index contributed by atoms with van der Waals surface area (Å²) in [7, 11) is 0. The molecule has 24 heavy (non-hydrogen) atoms. The molecule has 0 aliphatic carbocycles. The summed E-state index contributed by atoms with van der Waals surface area (Å²) in [5.41, 5.74) is 7.15. The molecule has 0 saturated carbocycles. The Kier molecular flexibility index (Phi) is 3.92. The van der Waals surface area contributed by atoms with E-state index in [1.54, 1.807) is 42.7 Å². The second-order valence-corrected chi connectivity index (χ2v) is 5.26. The fourth-order valence-electron chi connectivity index (χ4n) is 2.41. The summed E-state index contributed by atoms with van der Waals surface area (Å²) in [6, 6.07) is 9.21. The van der Waals surface area contributed by atoms with E-state index in [4.69, 9.17) is 5.73 Å². The van der Waals surface area contributed by atoms with Gasteiger partial charge in [-0.15, -0.1) is 0 Å². The van der Waals surface area contributed by atoms with E-state index in [0.29, 0.717) is 28.2 Å². The van der Waals surface area contributed by atoms with E-state index in [2.05, 4.69) is 15.0 Å². The number of aromatic nitrogens is 3. The molecule has 2 aromatic heterocycles. The average Bonchev–Trinajstić information content (AvgIpc) is 2.54. The molecule has 0 aliphatic heterocycles. The largest absolute Gasteiger partial charge is 0.433 e. The number of pyridine rings is 1. The van der Waals surface area contributed by atoms with Gasteiger partial charge < -0.3 is 5.73 Å². The van der Waals surface area contributed by atoms with Crippen LogP contribution in [0.3, 0.4) is 0 Å². The number of nitrogens with two attached hydrogens (primary N) is 1. The maximum Gasteiger partial charge on any atom is 0.433 e. The Morgan fingerprint density at radius 2 is 1.67 bits per heavy atom. The van der Waals surface area contributed by atoms with E-state index in [1.165, 1.54) is 6.92 Å². The Morgan fingerprint density at radius 1 is 0.958 bits per heavy atom. The molecule has 3 aromatic rings. The Hall–Kier alpha value is -2.96. The summed E-state index contributed by atoms with van der Waals surface area (Å²) < 4.78 is 39.1. The third kappa shape index (κ3) is 3.19. The van der Waals surface area contributed by atoms with Crippen LogP contribution in [0.25, 0.3) is 22.5 Å². The number of rotatable bonds is 2. The van der Waals surface area contributed by atoms with Crippen LogP contribution in [0.1, 0.15) is 11.4 Å². The second kappa shape index (κ2) is 5.92. The number of alkyl halides is 3. The Labute approximate surface area is 136 Å². The van der Waals surface area contributed by atoms with Gasteiger partial charge in [0.25, 0.3) is 0 Å². The molecule has 0 bridgehead atoms. The lowest BCUT2D eigenvalue weighted by Gasteiger charge is -2.13. The van der Waals surface area contributed by atoms with Crippen LogP contribution >= 0.6 is 0 Å². The molecule has 7 heteroatoms. The number of nitrogen functional groups attached to an aromatic ring is 1. The lowest BCUT2D eigenvalue weighted by Crippen LogP contribution is -2.09. The van der Waals surface area contributed by atoms with Crippen molar-refractivity contribution >= 4 is 5.69 Å². The second-order valence-electron chi connectivity index (χ2n) is 5.26. The number of halogens is 3. The van der Waals surface area contributed by atoms with Gasteiger partial charge in [-0.1, -0.05) is 6.07 Å². The number of nitrogens with zero attached hydrogens (tertiary/aromatic N) is 3. The Balaban J connectivity index is 2.23. The molecule has 1 aromatic carbocycles. The summed E-state index contributed by atoms with van der Waals surface area (Å²) in [6.07, 6.45) is -1.39. The Morgan fingerprint density at radius 3 is 2.33 bits per heavy atom. The van der Waals surface area contributed by atoms with Gasteiger partial charge in [0.15, 0.2) is 5.82 Å². The summed E-state index contributed by atoms with van der Waals surface area (Å²) >= 11 is 0. The highest BCUT2D eigenvalue weighted by molar-refractivity contribution is 5.83. The van der Waals surface area contributed by atoms with Crippen molar-refractivity contribution in [1.82, 2.24) is 15.0 Å². The summed E-state index contributed by atoms with van der Waals surface area (Å²) in [6.45, 7) is 1.52. The summed E-state index contributed by atoms with van der Waals surface area (Å²) in [5, 5.41) is 0. The smallest absolute Gasteiger partial charge is 0.399 e. The molecule has 0 unspecified atom stereocenters. The first kappa shape index (κ1) is 15.9. The highest BCUT2D eigenvalue weighted by Gasteiger charge is 2.33. The van der Waals surface area contributed by atoms with Crippen molar-refractivity contribution < 1.29 is 13.2 Å². The van der Waals surface area contributed by atoms with Crippen LogP contribution < -0.4 is 5.73 Å². The molecule has 0 amide bonds. The van der Waals surface area contributed by atoms with Crippen molar-refractivity contribution in [3.05, 3.63) is 60.2 Å². The van der Waals surface area contributed by atoms with Crippen LogP contribution in [0.15, 0.2) is 48.8 Å². The van der Waals surface area contributed by atoms with Crippen molar-refractivity contribution in [3.8, 4) is 22.5 Å². The SMILES string of the molecule is Cc1cc(-c2ccc(N)cc2-c2ncccn2)cc(C(F)(F)F)n1. The first-order valence-electron chi connectivity index (χ1n) is 7.08. The predicted molar refractivity (Wildman–Crippen MR) is 84.9 cm³/mol. The van der Waals surface area contributed by atoms with Crippen molar-refractivity contribution in [2.24, 2.45) is 0 Å². The van der Waals surface area contributed by atoms with Gasteiger partial charge in [0.05, 0.1) is 0 Å². The number of hydrogen-bond donors (Lipinski definition) is 1. The molecule has 3 rings (SSSR count). The third-order valence-electron chi connectivity index (χ3n) is 3.41. The van der Waals surface area contributed by atoms with Gasteiger partial charge in [-0.25, -0.2) is 15.0 Å². The van der Waals surface area contributed by atoms with Gasteiger partial charge >= 0.3 is 6.18 Å². The topological polar surface area (TPSA) is 64.7 Å². The maximum absolute atomic E-state index is 13.0. The van der Waals surface area contributed by atoms with Gasteiger partial charge in [-0.2, -0.15) is 13.2 Å². The minimum absolute atomic E-state index is 0.275. The summed E-state index contributed by atoms with van der Waals surface area (Å²) in [5.74, 6) is 0.392. The number of benzene rings is 1. The van der Waals surface area contributed by atoms with Crippen LogP contribution in [-0.4, -0.2) is 15.0 Å². The highest BCUT2D eigenvalue weighted by atomic mass is 19.4. The van der Waals surface area contributed by atoms with Gasteiger partial charge in [-0.3, -0.25) is 0 Å². The maximum atomic E-state index is 13.0. The van der Waals surface area contributed by atoms with Crippen LogP contribution in [0.5, 0.6) is 0 Å². The lowest BCUT2D eigenvalue weighted by atomic mass is 9.97. The van der Waals surface area contributed by atoms with Crippen molar-refractivity contribution in [3.63, 3.8) is 0 Å². The molecule has 0 radical (unpaired) electrons. The molecular weight excluding hydrogens is 317 g/mol. The number of aryl methyl sites for hydroxylation is 1. The van der Waals surface area contributed by atoms with E-state index in [0.717, 1.165) is 6.07 Å². The minimum Gasteiger partial charge on any atom is -0.399 e. The van der Waals surface area contributed by atoms with E-state index in [9.17, 15) is 13.2 Å². The van der Waals surface area contributed by atoms with E-state index in [1.807, 2.05) is 0 Å². The zero-order valence-corrected chi connectivity index (χ0v) is 12.7. The predicted octanol–water partition coefficient (Wildman–Crippen LogP) is 4.12. The van der Waals surface area contributed by atoms with Crippen LogP contribution in [0, 0.1) is 6.92 Å². The Bertz CT molecular complexity index is 877. The third-order valence-corrected chi connectivity index (χ3v) is 3.41. The van der Waals surface area contributed by atoms with E-state index >= 15 is 0 Å². The van der Waals surface area contributed by atoms with Gasteiger partial charge in [0.2, 0.25) is 0 Å². The van der Waals surface area contributed by atoms with Crippen LogP contribution in [-0.2, 0) is 6.18 Å². The molecular formula is C17H13F3N4. The molecule has 2 heterocycles. The lowest BCUT2D eigenvalue weighted by molar-refractivity contribution is -0.141. The van der Waals surface area contributed by atoms with Crippen molar-refractivity contribution in [2.75, 3.05) is 5.73 Å². The zero-order valence-electron chi connectivity index (χ0n) is 12.7. The fourth-order valence-corrected chi connectivity index (χ4v) is 2.41. The van der Waals surface area contributed by atoms with E-state index in [-0.39, 0.29) is 5.69 Å². The van der Waals surface area contributed by atoms with Gasteiger partial charge in [-0.05, 0) is 48.4 Å². The molecule has 122 valence electrons. The highest BCUT2D eigenvalue weighted by Crippen LogP contribution is 2.35.